The number of rotatable bonds is 4. The summed E-state index contributed by atoms with van der Waals surface area (Å²) in [5, 5.41) is 3.32. The van der Waals surface area contributed by atoms with Crippen molar-refractivity contribution in [2.75, 3.05) is 19.6 Å². The maximum absolute atomic E-state index is 12.4. The Kier molecular flexibility index (Phi) is 5.25. The number of halogens is 3. The lowest BCUT2D eigenvalue weighted by Crippen LogP contribution is -2.45. The summed E-state index contributed by atoms with van der Waals surface area (Å²) in [5.41, 5.74) is 0. The van der Waals surface area contributed by atoms with E-state index < -0.39 is 12.7 Å². The molecule has 0 saturated carbocycles. The van der Waals surface area contributed by atoms with E-state index in [9.17, 15) is 13.2 Å². The molecular formula is C12H23F3N2. The Bertz CT molecular complexity index is 228. The molecule has 0 aliphatic carbocycles. The van der Waals surface area contributed by atoms with Gasteiger partial charge in [0.2, 0.25) is 0 Å². The van der Waals surface area contributed by atoms with Gasteiger partial charge < -0.3 is 5.32 Å². The lowest BCUT2D eigenvalue weighted by molar-refractivity contribution is -0.151. The van der Waals surface area contributed by atoms with Crippen LogP contribution < -0.4 is 5.32 Å². The maximum atomic E-state index is 12.4. The van der Waals surface area contributed by atoms with Gasteiger partial charge in [-0.3, -0.25) is 4.90 Å². The van der Waals surface area contributed by atoms with Gasteiger partial charge in [0.05, 0.1) is 6.54 Å². The predicted molar refractivity (Wildman–Crippen MR) is 63.0 cm³/mol. The topological polar surface area (TPSA) is 15.3 Å². The summed E-state index contributed by atoms with van der Waals surface area (Å²) in [6.45, 7) is 6.44. The van der Waals surface area contributed by atoms with Gasteiger partial charge in [-0.1, -0.05) is 0 Å². The van der Waals surface area contributed by atoms with Gasteiger partial charge >= 0.3 is 6.18 Å². The Balaban J connectivity index is 2.48. The lowest BCUT2D eigenvalue weighted by Gasteiger charge is -2.35. The van der Waals surface area contributed by atoms with E-state index in [2.05, 4.69) is 12.2 Å². The van der Waals surface area contributed by atoms with Gasteiger partial charge in [-0.05, 0) is 46.1 Å². The van der Waals surface area contributed by atoms with Gasteiger partial charge in [-0.25, -0.2) is 0 Å². The van der Waals surface area contributed by atoms with Gasteiger partial charge in [0, 0.05) is 18.6 Å². The molecule has 0 radical (unpaired) electrons. The van der Waals surface area contributed by atoms with Gasteiger partial charge in [0.1, 0.15) is 0 Å². The first-order valence-electron chi connectivity index (χ1n) is 6.32. The SMILES string of the molecule is CC1CC(CN(CC(F)(F)F)C(C)C)CCN1. The van der Waals surface area contributed by atoms with E-state index in [1.807, 2.05) is 13.8 Å². The Morgan fingerprint density at radius 2 is 2.00 bits per heavy atom. The van der Waals surface area contributed by atoms with Crippen molar-refractivity contribution in [2.45, 2.75) is 51.9 Å². The molecule has 1 saturated heterocycles. The summed E-state index contributed by atoms with van der Waals surface area (Å²) in [6, 6.07) is 0.371. The van der Waals surface area contributed by atoms with Crippen LogP contribution in [-0.2, 0) is 0 Å². The molecule has 17 heavy (non-hydrogen) atoms. The van der Waals surface area contributed by atoms with Crippen LogP contribution in [-0.4, -0.2) is 42.8 Å². The molecule has 1 aliphatic rings. The third-order valence-electron chi connectivity index (χ3n) is 3.34. The Morgan fingerprint density at radius 3 is 2.47 bits per heavy atom. The Hall–Kier alpha value is -0.290. The van der Waals surface area contributed by atoms with Gasteiger partial charge in [-0.2, -0.15) is 13.2 Å². The van der Waals surface area contributed by atoms with Crippen molar-refractivity contribution in [3.63, 3.8) is 0 Å². The van der Waals surface area contributed by atoms with E-state index in [1.165, 1.54) is 0 Å². The summed E-state index contributed by atoms with van der Waals surface area (Å²) < 4.78 is 37.3. The molecule has 1 rings (SSSR count). The third kappa shape index (κ3) is 5.73. The van der Waals surface area contributed by atoms with Crippen LogP contribution in [0.3, 0.4) is 0 Å². The van der Waals surface area contributed by atoms with Crippen molar-refractivity contribution in [3.05, 3.63) is 0 Å². The lowest BCUT2D eigenvalue weighted by atomic mass is 9.92. The van der Waals surface area contributed by atoms with Crippen LogP contribution >= 0.6 is 0 Å². The van der Waals surface area contributed by atoms with Crippen LogP contribution in [0.1, 0.15) is 33.6 Å². The van der Waals surface area contributed by atoms with E-state index in [0.29, 0.717) is 18.5 Å². The smallest absolute Gasteiger partial charge is 0.314 e. The zero-order valence-electron chi connectivity index (χ0n) is 10.8. The summed E-state index contributed by atoms with van der Waals surface area (Å²) in [6.07, 6.45) is -2.14. The molecule has 1 heterocycles. The average Bonchev–Trinajstić information content (AvgIpc) is 2.14. The monoisotopic (exact) mass is 252 g/mol. The van der Waals surface area contributed by atoms with E-state index in [1.54, 1.807) is 4.90 Å². The van der Waals surface area contributed by atoms with Gasteiger partial charge in [0.25, 0.3) is 0 Å². The minimum atomic E-state index is -4.09. The number of hydrogen-bond acceptors (Lipinski definition) is 2. The molecule has 0 aromatic rings. The number of hydrogen-bond donors (Lipinski definition) is 1. The third-order valence-corrected chi connectivity index (χ3v) is 3.34. The second-order valence-corrected chi connectivity index (χ2v) is 5.38. The van der Waals surface area contributed by atoms with E-state index in [0.717, 1.165) is 19.4 Å². The molecule has 0 amide bonds. The molecule has 0 aromatic carbocycles. The predicted octanol–water partition coefficient (Wildman–Crippen LogP) is 2.65. The molecule has 1 N–H and O–H groups in total. The number of nitrogens with zero attached hydrogens (tertiary/aromatic N) is 1. The zero-order valence-corrected chi connectivity index (χ0v) is 10.8. The maximum Gasteiger partial charge on any atom is 0.401 e. The van der Waals surface area contributed by atoms with Crippen LogP contribution in [0.15, 0.2) is 0 Å². The van der Waals surface area contributed by atoms with Crippen molar-refractivity contribution in [1.29, 1.82) is 0 Å². The Morgan fingerprint density at radius 1 is 1.35 bits per heavy atom. The highest BCUT2D eigenvalue weighted by atomic mass is 19.4. The van der Waals surface area contributed by atoms with E-state index in [-0.39, 0.29) is 6.04 Å². The normalized spacial score (nSPS) is 26.8. The average molecular weight is 252 g/mol. The molecular weight excluding hydrogens is 229 g/mol. The standard InChI is InChI=1S/C12H23F3N2/c1-9(2)17(8-12(13,14)15)7-11-4-5-16-10(3)6-11/h9-11,16H,4-8H2,1-3H3. The highest BCUT2D eigenvalue weighted by Gasteiger charge is 2.33. The fourth-order valence-corrected chi connectivity index (χ4v) is 2.42. The van der Waals surface area contributed by atoms with Crippen molar-refractivity contribution < 1.29 is 13.2 Å². The first kappa shape index (κ1) is 14.8. The molecule has 2 atom stereocenters. The molecule has 102 valence electrons. The highest BCUT2D eigenvalue weighted by Crippen LogP contribution is 2.22. The molecule has 2 nitrogen and oxygen atoms in total. The highest BCUT2D eigenvalue weighted by molar-refractivity contribution is 4.79. The molecule has 1 fully saturated rings. The fourth-order valence-electron chi connectivity index (χ4n) is 2.42. The van der Waals surface area contributed by atoms with Gasteiger partial charge in [0.15, 0.2) is 0 Å². The Labute approximate surface area is 102 Å². The summed E-state index contributed by atoms with van der Waals surface area (Å²) >= 11 is 0. The van der Waals surface area contributed by atoms with E-state index in [4.69, 9.17) is 0 Å². The first-order valence-corrected chi connectivity index (χ1v) is 6.32. The van der Waals surface area contributed by atoms with Crippen LogP contribution in [0.4, 0.5) is 13.2 Å². The van der Waals surface area contributed by atoms with E-state index >= 15 is 0 Å². The van der Waals surface area contributed by atoms with Crippen molar-refractivity contribution in [1.82, 2.24) is 10.2 Å². The molecule has 2 unspecified atom stereocenters. The second kappa shape index (κ2) is 6.05. The molecule has 1 aliphatic heterocycles. The van der Waals surface area contributed by atoms with Crippen molar-refractivity contribution >= 4 is 0 Å². The molecule has 0 bridgehead atoms. The van der Waals surface area contributed by atoms with Crippen LogP contribution in [0.2, 0.25) is 0 Å². The van der Waals surface area contributed by atoms with Crippen LogP contribution in [0, 0.1) is 5.92 Å². The number of piperidine rings is 1. The summed E-state index contributed by atoms with van der Waals surface area (Å²) in [5.74, 6) is 0.385. The quantitative estimate of drug-likeness (QED) is 0.827. The number of alkyl halides is 3. The minimum Gasteiger partial charge on any atom is -0.314 e. The fraction of sp³-hybridized carbons (Fsp3) is 1.00. The number of nitrogens with one attached hydrogen (secondary N) is 1. The first-order chi connectivity index (χ1) is 7.78. The molecule has 0 aromatic heterocycles. The van der Waals surface area contributed by atoms with Crippen molar-refractivity contribution in [3.8, 4) is 0 Å². The van der Waals surface area contributed by atoms with Gasteiger partial charge in [-0.15, -0.1) is 0 Å². The largest absolute Gasteiger partial charge is 0.401 e. The minimum absolute atomic E-state index is 0.0539. The zero-order chi connectivity index (χ0) is 13.1. The summed E-state index contributed by atoms with van der Waals surface area (Å²) in [7, 11) is 0. The molecule has 0 spiro atoms. The van der Waals surface area contributed by atoms with Crippen LogP contribution in [0.25, 0.3) is 0 Å². The second-order valence-electron chi connectivity index (χ2n) is 5.38. The molecule has 5 heteroatoms. The summed E-state index contributed by atoms with van der Waals surface area (Å²) in [4.78, 5) is 1.54. The van der Waals surface area contributed by atoms with Crippen LogP contribution in [0.5, 0.6) is 0 Å². The van der Waals surface area contributed by atoms with Crippen molar-refractivity contribution in [2.24, 2.45) is 5.92 Å².